The maximum absolute atomic E-state index is 6.29. The number of methoxy groups -OCH3 is 2. The Kier molecular flexibility index (Phi) is 11.9. The number of likely N-dealkylation sites (tertiary alicyclic amines) is 1. The molecule has 2 saturated heterocycles. The SMILES string of the molecule is COc1cc2nc(NCC3CCNC3)nc(C3CCN(Cc4c(OCCN(C)C)cccc4N(C)C)CC3)c2cc1OC.N. The monoisotopic (exact) mass is 608 g/mol. The fourth-order valence-corrected chi connectivity index (χ4v) is 6.19. The van der Waals surface area contributed by atoms with Crippen LogP contribution in [-0.2, 0) is 6.54 Å². The van der Waals surface area contributed by atoms with E-state index in [9.17, 15) is 0 Å². The molecule has 1 unspecified atom stereocenters. The minimum atomic E-state index is 0. The number of rotatable bonds is 13. The Morgan fingerprint density at radius 1 is 0.977 bits per heavy atom. The second-order valence-corrected chi connectivity index (χ2v) is 12.2. The highest BCUT2D eigenvalue weighted by molar-refractivity contribution is 5.86. The minimum absolute atomic E-state index is 0. The molecule has 1 aromatic heterocycles. The molecule has 2 aromatic carbocycles. The summed E-state index contributed by atoms with van der Waals surface area (Å²) >= 11 is 0. The number of likely N-dealkylation sites (N-methyl/N-ethyl adjacent to an activating group) is 1. The first-order chi connectivity index (χ1) is 20.9. The van der Waals surface area contributed by atoms with Crippen LogP contribution in [0.2, 0.25) is 0 Å². The molecular formula is C33H52N8O3. The van der Waals surface area contributed by atoms with Crippen molar-refractivity contribution in [2.24, 2.45) is 5.92 Å². The van der Waals surface area contributed by atoms with Gasteiger partial charge in [0, 0.05) is 62.4 Å². The van der Waals surface area contributed by atoms with Crippen LogP contribution >= 0.6 is 0 Å². The highest BCUT2D eigenvalue weighted by atomic mass is 16.5. The molecule has 0 amide bonds. The van der Waals surface area contributed by atoms with Gasteiger partial charge in [0.1, 0.15) is 12.4 Å². The van der Waals surface area contributed by atoms with Crippen molar-refractivity contribution in [1.29, 1.82) is 0 Å². The summed E-state index contributed by atoms with van der Waals surface area (Å²) in [6, 6.07) is 10.4. The number of fused-ring (bicyclic) bond motifs is 1. The van der Waals surface area contributed by atoms with Crippen LogP contribution in [0.3, 0.4) is 0 Å². The van der Waals surface area contributed by atoms with Crippen molar-refractivity contribution < 1.29 is 14.2 Å². The smallest absolute Gasteiger partial charge is 0.223 e. The average molecular weight is 609 g/mol. The zero-order valence-electron chi connectivity index (χ0n) is 27.5. The van der Waals surface area contributed by atoms with Crippen LogP contribution in [0.25, 0.3) is 10.9 Å². The first-order valence-corrected chi connectivity index (χ1v) is 15.5. The summed E-state index contributed by atoms with van der Waals surface area (Å²) in [4.78, 5) is 16.9. The highest BCUT2D eigenvalue weighted by Crippen LogP contribution is 2.39. The van der Waals surface area contributed by atoms with Crippen molar-refractivity contribution in [3.05, 3.63) is 41.6 Å². The van der Waals surface area contributed by atoms with Crippen molar-refractivity contribution >= 4 is 22.5 Å². The zero-order valence-corrected chi connectivity index (χ0v) is 27.5. The maximum atomic E-state index is 6.29. The molecule has 11 nitrogen and oxygen atoms in total. The van der Waals surface area contributed by atoms with E-state index in [1.807, 2.05) is 12.1 Å². The Balaban J connectivity index is 0.00000442. The Morgan fingerprint density at radius 2 is 1.73 bits per heavy atom. The van der Waals surface area contributed by atoms with E-state index in [-0.39, 0.29) is 6.15 Å². The number of ether oxygens (including phenoxy) is 3. The lowest BCUT2D eigenvalue weighted by Gasteiger charge is -2.33. The van der Waals surface area contributed by atoms with Gasteiger partial charge in [-0.05, 0) is 83.7 Å². The van der Waals surface area contributed by atoms with Crippen molar-refractivity contribution in [3.63, 3.8) is 0 Å². The average Bonchev–Trinajstić information content (AvgIpc) is 3.53. The Labute approximate surface area is 262 Å². The molecule has 5 N–H and O–H groups in total. The van der Waals surface area contributed by atoms with Crippen LogP contribution in [0, 0.1) is 5.92 Å². The highest BCUT2D eigenvalue weighted by Gasteiger charge is 2.27. The molecule has 2 aliphatic rings. The van der Waals surface area contributed by atoms with Crippen molar-refractivity contribution in [3.8, 4) is 17.2 Å². The van der Waals surface area contributed by atoms with Gasteiger partial charge >= 0.3 is 0 Å². The molecule has 3 heterocycles. The molecule has 242 valence electrons. The van der Waals surface area contributed by atoms with E-state index in [2.05, 4.69) is 71.7 Å². The summed E-state index contributed by atoms with van der Waals surface area (Å²) in [5.41, 5.74) is 4.44. The van der Waals surface area contributed by atoms with Crippen molar-refractivity contribution in [2.75, 3.05) is 98.5 Å². The summed E-state index contributed by atoms with van der Waals surface area (Å²) in [7, 11) is 11.7. The lowest BCUT2D eigenvalue weighted by Crippen LogP contribution is -2.33. The normalized spacial score (nSPS) is 17.5. The van der Waals surface area contributed by atoms with Gasteiger partial charge in [-0.15, -0.1) is 0 Å². The van der Waals surface area contributed by atoms with Gasteiger partial charge in [-0.1, -0.05) is 6.07 Å². The van der Waals surface area contributed by atoms with Crippen LogP contribution < -0.4 is 35.9 Å². The quantitative estimate of drug-likeness (QED) is 0.259. The predicted octanol–water partition coefficient (Wildman–Crippen LogP) is 4.22. The predicted molar refractivity (Wildman–Crippen MR) is 179 cm³/mol. The number of nitrogens with one attached hydrogen (secondary N) is 2. The molecule has 11 heteroatoms. The molecule has 5 rings (SSSR count). The summed E-state index contributed by atoms with van der Waals surface area (Å²) < 4.78 is 17.6. The molecule has 2 aliphatic heterocycles. The summed E-state index contributed by atoms with van der Waals surface area (Å²) in [5.74, 6) is 3.99. The van der Waals surface area contributed by atoms with Crippen LogP contribution in [0.1, 0.15) is 36.4 Å². The minimum Gasteiger partial charge on any atom is -0.493 e. The lowest BCUT2D eigenvalue weighted by atomic mass is 9.90. The topological polar surface area (TPSA) is 122 Å². The molecule has 0 aliphatic carbocycles. The van der Waals surface area contributed by atoms with E-state index in [0.29, 0.717) is 35.9 Å². The second-order valence-electron chi connectivity index (χ2n) is 12.2. The van der Waals surface area contributed by atoms with Crippen LogP contribution in [0.15, 0.2) is 30.3 Å². The number of piperidine rings is 1. The fraction of sp³-hybridized carbons (Fsp3) is 0.576. The van der Waals surface area contributed by atoms with E-state index < -0.39 is 0 Å². The fourth-order valence-electron chi connectivity index (χ4n) is 6.19. The molecular weight excluding hydrogens is 556 g/mol. The molecule has 2 fully saturated rings. The number of nitrogens with zero attached hydrogens (tertiary/aromatic N) is 5. The molecule has 3 aromatic rings. The first kappa shape index (κ1) is 33.5. The number of aromatic nitrogens is 2. The number of hydrogen-bond acceptors (Lipinski definition) is 11. The van der Waals surface area contributed by atoms with E-state index >= 15 is 0 Å². The van der Waals surface area contributed by atoms with Gasteiger partial charge in [0.05, 0.1) is 25.4 Å². The second kappa shape index (κ2) is 15.6. The first-order valence-electron chi connectivity index (χ1n) is 15.5. The summed E-state index contributed by atoms with van der Waals surface area (Å²) in [6.45, 7) is 7.36. The largest absolute Gasteiger partial charge is 0.493 e. The van der Waals surface area contributed by atoms with Gasteiger partial charge in [-0.2, -0.15) is 0 Å². The summed E-state index contributed by atoms with van der Waals surface area (Å²) in [6.07, 6.45) is 3.22. The molecule has 44 heavy (non-hydrogen) atoms. The van der Waals surface area contributed by atoms with E-state index in [0.717, 1.165) is 81.0 Å². The molecule has 0 bridgehead atoms. The summed E-state index contributed by atoms with van der Waals surface area (Å²) in [5, 5.41) is 8.04. The van der Waals surface area contributed by atoms with Crippen molar-refractivity contribution in [1.82, 2.24) is 31.2 Å². The zero-order chi connectivity index (χ0) is 30.3. The molecule has 0 saturated carbocycles. The van der Waals surface area contributed by atoms with Gasteiger partial charge in [0.15, 0.2) is 11.5 Å². The van der Waals surface area contributed by atoms with Gasteiger partial charge in [0.2, 0.25) is 5.95 Å². The van der Waals surface area contributed by atoms with Crippen LogP contribution in [-0.4, -0.2) is 108 Å². The third-order valence-electron chi connectivity index (χ3n) is 8.68. The van der Waals surface area contributed by atoms with Crippen LogP contribution in [0.4, 0.5) is 11.6 Å². The van der Waals surface area contributed by atoms with Gasteiger partial charge in [-0.25, -0.2) is 9.97 Å². The van der Waals surface area contributed by atoms with Gasteiger partial charge in [-0.3, -0.25) is 4.90 Å². The van der Waals surface area contributed by atoms with Crippen molar-refractivity contribution in [2.45, 2.75) is 31.7 Å². The molecule has 0 spiro atoms. The third kappa shape index (κ3) is 8.01. The van der Waals surface area contributed by atoms with E-state index in [4.69, 9.17) is 24.2 Å². The van der Waals surface area contributed by atoms with Gasteiger partial charge in [0.25, 0.3) is 0 Å². The molecule has 1 atom stereocenters. The third-order valence-corrected chi connectivity index (χ3v) is 8.68. The number of hydrogen-bond donors (Lipinski definition) is 3. The Bertz CT molecular complexity index is 1350. The maximum Gasteiger partial charge on any atom is 0.223 e. The Hall–Kier alpha value is -3.38. The van der Waals surface area contributed by atoms with E-state index in [1.165, 1.54) is 17.7 Å². The van der Waals surface area contributed by atoms with Crippen LogP contribution in [0.5, 0.6) is 17.2 Å². The molecule has 0 radical (unpaired) electrons. The number of anilines is 2. The standard InChI is InChI=1S/C33H49N7O3.H3N/c1-38(2)16-17-43-29-9-7-8-28(39(3)4)26(29)22-40-14-11-24(12-15-40)32-25-18-30(41-5)31(42-6)19-27(25)36-33(37-32)35-21-23-10-13-34-20-23;/h7-9,18-19,23-24,34H,10-17,20-22H2,1-6H3,(H,35,36,37);1H3. The van der Waals surface area contributed by atoms with E-state index in [1.54, 1.807) is 14.2 Å². The number of benzene rings is 2. The van der Waals surface area contributed by atoms with Gasteiger partial charge < -0.3 is 40.8 Å². The lowest BCUT2D eigenvalue weighted by molar-refractivity contribution is 0.198. The Morgan fingerprint density at radius 3 is 2.39 bits per heavy atom.